The number of pyridine rings is 1. The normalized spacial score (nSPS) is 15.1. The molecule has 6 heteroatoms. The smallest absolute Gasteiger partial charge is 0.294 e. The van der Waals surface area contributed by atoms with Gasteiger partial charge in [-0.2, -0.15) is 0 Å². The second-order valence-electron chi connectivity index (χ2n) is 7.46. The van der Waals surface area contributed by atoms with E-state index in [1.165, 1.54) is 38.4 Å². The van der Waals surface area contributed by atoms with Gasteiger partial charge in [0, 0.05) is 13.2 Å². The Balaban J connectivity index is 1.64. The van der Waals surface area contributed by atoms with Crippen molar-refractivity contribution in [2.24, 2.45) is 5.92 Å². The van der Waals surface area contributed by atoms with Crippen LogP contribution in [0.15, 0.2) is 41.1 Å². The highest BCUT2D eigenvalue weighted by atomic mass is 16.5. The first-order chi connectivity index (χ1) is 13.7. The van der Waals surface area contributed by atoms with E-state index in [1.807, 2.05) is 29.7 Å². The summed E-state index contributed by atoms with van der Waals surface area (Å²) < 4.78 is 13.4. The summed E-state index contributed by atoms with van der Waals surface area (Å²) in [4.78, 5) is 19.2. The monoisotopic (exact) mass is 381 g/mol. The number of hydrogen-bond acceptors (Lipinski definition) is 4. The zero-order valence-electron chi connectivity index (χ0n) is 16.6. The molecule has 28 heavy (non-hydrogen) atoms. The van der Waals surface area contributed by atoms with Crippen molar-refractivity contribution in [3.8, 4) is 5.75 Å². The lowest BCUT2D eigenvalue weighted by Crippen LogP contribution is -2.28. The minimum atomic E-state index is -0.199. The molecule has 0 radical (unpaired) electrons. The van der Waals surface area contributed by atoms with Crippen LogP contribution in [0.5, 0.6) is 5.75 Å². The Morgan fingerprint density at radius 1 is 1.29 bits per heavy atom. The SMILES string of the molecule is CCc1nc2c(OCC3CCCCC3)cccn2c1N(C)C(=O)c1ccco1. The first kappa shape index (κ1) is 18.6. The summed E-state index contributed by atoms with van der Waals surface area (Å²) in [6, 6.07) is 7.29. The predicted molar refractivity (Wildman–Crippen MR) is 108 cm³/mol. The maximum atomic E-state index is 12.8. The van der Waals surface area contributed by atoms with Crippen LogP contribution in [0.2, 0.25) is 0 Å². The number of carbonyl (C=O) groups is 1. The van der Waals surface area contributed by atoms with Gasteiger partial charge in [0.15, 0.2) is 17.2 Å². The standard InChI is InChI=1S/C22H27N3O3/c1-3-17-21(24(2)22(26)19-12-8-14-27-19)25-13-7-11-18(20(25)23-17)28-15-16-9-5-4-6-10-16/h7-8,11-14,16H,3-6,9-10,15H2,1-2H3. The van der Waals surface area contributed by atoms with Gasteiger partial charge in [0.25, 0.3) is 5.91 Å². The maximum absolute atomic E-state index is 12.8. The van der Waals surface area contributed by atoms with Crippen molar-refractivity contribution in [3.05, 3.63) is 48.2 Å². The number of amides is 1. The third kappa shape index (κ3) is 3.51. The summed E-state index contributed by atoms with van der Waals surface area (Å²) in [6.45, 7) is 2.77. The van der Waals surface area contributed by atoms with E-state index >= 15 is 0 Å². The number of ether oxygens (including phenoxy) is 1. The highest BCUT2D eigenvalue weighted by molar-refractivity contribution is 6.03. The van der Waals surface area contributed by atoms with Crippen LogP contribution in [0.1, 0.15) is 55.3 Å². The largest absolute Gasteiger partial charge is 0.489 e. The Kier molecular flexibility index (Phi) is 5.37. The molecule has 0 saturated heterocycles. The third-order valence-corrected chi connectivity index (χ3v) is 5.55. The van der Waals surface area contributed by atoms with Crippen LogP contribution in [0.4, 0.5) is 5.82 Å². The first-order valence-corrected chi connectivity index (χ1v) is 10.1. The number of furan rings is 1. The quantitative estimate of drug-likeness (QED) is 0.620. The van der Waals surface area contributed by atoms with E-state index in [2.05, 4.69) is 0 Å². The summed E-state index contributed by atoms with van der Waals surface area (Å²) in [5.41, 5.74) is 1.61. The number of hydrogen-bond donors (Lipinski definition) is 0. The van der Waals surface area contributed by atoms with E-state index in [4.69, 9.17) is 14.1 Å². The van der Waals surface area contributed by atoms with E-state index < -0.39 is 0 Å². The van der Waals surface area contributed by atoms with Gasteiger partial charge in [-0.25, -0.2) is 4.98 Å². The summed E-state index contributed by atoms with van der Waals surface area (Å²) in [7, 11) is 1.75. The number of fused-ring (bicyclic) bond motifs is 1. The topological polar surface area (TPSA) is 60.0 Å². The molecular weight excluding hydrogens is 354 g/mol. The molecule has 1 amide bonds. The molecule has 3 heterocycles. The predicted octanol–water partition coefficient (Wildman–Crippen LogP) is 4.73. The average Bonchev–Trinajstić information content (AvgIpc) is 3.39. The molecule has 1 saturated carbocycles. The zero-order valence-corrected chi connectivity index (χ0v) is 16.6. The second-order valence-corrected chi connectivity index (χ2v) is 7.46. The third-order valence-electron chi connectivity index (χ3n) is 5.55. The minimum absolute atomic E-state index is 0.199. The molecule has 0 atom stereocenters. The molecule has 1 aliphatic rings. The molecule has 0 unspecified atom stereocenters. The molecule has 0 aliphatic heterocycles. The molecule has 0 N–H and O–H groups in total. The van der Waals surface area contributed by atoms with Gasteiger partial charge in [0.05, 0.1) is 18.6 Å². The molecule has 4 rings (SSSR count). The molecule has 6 nitrogen and oxygen atoms in total. The van der Waals surface area contributed by atoms with E-state index in [0.29, 0.717) is 11.7 Å². The highest BCUT2D eigenvalue weighted by Crippen LogP contribution is 2.30. The Morgan fingerprint density at radius 3 is 2.82 bits per heavy atom. The number of nitrogens with zero attached hydrogens (tertiary/aromatic N) is 3. The van der Waals surface area contributed by atoms with Crippen LogP contribution in [0.25, 0.3) is 5.65 Å². The Bertz CT molecular complexity index is 940. The van der Waals surface area contributed by atoms with Gasteiger partial charge in [-0.3, -0.25) is 14.1 Å². The van der Waals surface area contributed by atoms with Crippen LogP contribution in [-0.2, 0) is 6.42 Å². The minimum Gasteiger partial charge on any atom is -0.489 e. The lowest BCUT2D eigenvalue weighted by Gasteiger charge is -2.21. The Morgan fingerprint density at radius 2 is 2.11 bits per heavy atom. The van der Waals surface area contributed by atoms with Gasteiger partial charge in [-0.1, -0.05) is 26.2 Å². The molecule has 3 aromatic rings. The molecule has 1 fully saturated rings. The molecule has 0 spiro atoms. The number of anilines is 1. The molecule has 148 valence electrons. The first-order valence-electron chi connectivity index (χ1n) is 10.1. The summed E-state index contributed by atoms with van der Waals surface area (Å²) in [5.74, 6) is 2.26. The van der Waals surface area contributed by atoms with Crippen LogP contribution < -0.4 is 9.64 Å². The lowest BCUT2D eigenvalue weighted by molar-refractivity contribution is 0.0965. The highest BCUT2D eigenvalue weighted by Gasteiger charge is 2.24. The fourth-order valence-corrected chi connectivity index (χ4v) is 4.01. The molecule has 0 bridgehead atoms. The van der Waals surface area contributed by atoms with E-state index in [1.54, 1.807) is 24.1 Å². The lowest BCUT2D eigenvalue weighted by atomic mass is 9.90. The van der Waals surface area contributed by atoms with Crippen LogP contribution >= 0.6 is 0 Å². The number of rotatable bonds is 6. The molecule has 3 aromatic heterocycles. The Hall–Kier alpha value is -2.76. The number of imidazole rings is 1. The number of aryl methyl sites for hydroxylation is 1. The van der Waals surface area contributed by atoms with Gasteiger partial charge >= 0.3 is 0 Å². The van der Waals surface area contributed by atoms with Gasteiger partial charge in [-0.15, -0.1) is 0 Å². The number of carbonyl (C=O) groups excluding carboxylic acids is 1. The van der Waals surface area contributed by atoms with Crippen molar-refractivity contribution in [1.82, 2.24) is 9.38 Å². The fourth-order valence-electron chi connectivity index (χ4n) is 4.01. The molecular formula is C22H27N3O3. The van der Waals surface area contributed by atoms with Crippen LogP contribution in [0.3, 0.4) is 0 Å². The van der Waals surface area contributed by atoms with Crippen LogP contribution in [0, 0.1) is 5.92 Å². The van der Waals surface area contributed by atoms with E-state index in [-0.39, 0.29) is 5.91 Å². The fraction of sp³-hybridized carbons (Fsp3) is 0.455. The van der Waals surface area contributed by atoms with E-state index in [9.17, 15) is 4.79 Å². The van der Waals surface area contributed by atoms with Crippen molar-refractivity contribution in [3.63, 3.8) is 0 Å². The van der Waals surface area contributed by atoms with Gasteiger partial charge in [-0.05, 0) is 49.4 Å². The second kappa shape index (κ2) is 8.09. The zero-order chi connectivity index (χ0) is 19.5. The van der Waals surface area contributed by atoms with Crippen molar-refractivity contribution < 1.29 is 13.9 Å². The summed E-state index contributed by atoms with van der Waals surface area (Å²) >= 11 is 0. The van der Waals surface area contributed by atoms with Crippen molar-refractivity contribution in [1.29, 1.82) is 0 Å². The van der Waals surface area contributed by atoms with Crippen molar-refractivity contribution in [2.75, 3.05) is 18.6 Å². The summed E-state index contributed by atoms with van der Waals surface area (Å²) in [6.07, 6.45) is 10.6. The van der Waals surface area contributed by atoms with Crippen molar-refractivity contribution >= 4 is 17.4 Å². The van der Waals surface area contributed by atoms with Gasteiger partial charge in [0.2, 0.25) is 0 Å². The van der Waals surface area contributed by atoms with Gasteiger partial charge < -0.3 is 9.15 Å². The molecule has 1 aliphatic carbocycles. The van der Waals surface area contributed by atoms with Crippen molar-refractivity contribution in [2.45, 2.75) is 45.4 Å². The average molecular weight is 381 g/mol. The molecule has 0 aromatic carbocycles. The Labute approximate surface area is 165 Å². The summed E-state index contributed by atoms with van der Waals surface area (Å²) in [5, 5.41) is 0. The van der Waals surface area contributed by atoms with E-state index in [0.717, 1.165) is 35.9 Å². The van der Waals surface area contributed by atoms with Gasteiger partial charge in [0.1, 0.15) is 5.82 Å². The van der Waals surface area contributed by atoms with Crippen LogP contribution in [-0.4, -0.2) is 28.9 Å². The maximum Gasteiger partial charge on any atom is 0.294 e. The number of aromatic nitrogens is 2.